The maximum atomic E-state index is 12.8. The van der Waals surface area contributed by atoms with Crippen LogP contribution in [0, 0.1) is 11.8 Å². The summed E-state index contributed by atoms with van der Waals surface area (Å²) in [5.74, 6) is 0.820. The third-order valence-corrected chi connectivity index (χ3v) is 11.8. The molecule has 0 radical (unpaired) electrons. The predicted octanol–water partition coefficient (Wildman–Crippen LogP) is 16.1. The van der Waals surface area contributed by atoms with Crippen molar-refractivity contribution in [1.82, 2.24) is 0 Å². The fourth-order valence-electron chi connectivity index (χ4n) is 7.60. The molecule has 0 aromatic rings. The number of ether oxygens (including phenoxy) is 3. The van der Waals surface area contributed by atoms with Crippen molar-refractivity contribution < 1.29 is 28.6 Å². The molecule has 0 heterocycles. The van der Waals surface area contributed by atoms with Crippen LogP contribution in [0.2, 0.25) is 0 Å². The van der Waals surface area contributed by atoms with Gasteiger partial charge in [-0.15, -0.1) is 0 Å². The van der Waals surface area contributed by atoms with Crippen LogP contribution >= 0.6 is 0 Å². The van der Waals surface area contributed by atoms with Gasteiger partial charge in [0.05, 0.1) is 0 Å². The summed E-state index contributed by atoms with van der Waals surface area (Å²) in [7, 11) is 0. The molecule has 0 bridgehead atoms. The molecule has 0 spiro atoms. The van der Waals surface area contributed by atoms with E-state index in [1.807, 2.05) is 0 Å². The van der Waals surface area contributed by atoms with Crippen molar-refractivity contribution in [2.24, 2.45) is 11.8 Å². The number of carbonyl (C=O) groups is 3. The van der Waals surface area contributed by atoms with Crippen LogP contribution in [0.15, 0.2) is 0 Å². The molecule has 0 aromatic carbocycles. The van der Waals surface area contributed by atoms with Crippen molar-refractivity contribution in [3.8, 4) is 0 Å². The van der Waals surface area contributed by atoms with E-state index in [1.54, 1.807) is 0 Å². The monoisotopic (exact) mass is 807 g/mol. The van der Waals surface area contributed by atoms with Gasteiger partial charge in [0.2, 0.25) is 0 Å². The molecule has 0 N–H and O–H groups in total. The number of carbonyl (C=O) groups excluding carboxylic acids is 3. The summed E-state index contributed by atoms with van der Waals surface area (Å²) < 4.78 is 16.8. The lowest BCUT2D eigenvalue weighted by Crippen LogP contribution is -2.30. The maximum Gasteiger partial charge on any atom is 0.306 e. The van der Waals surface area contributed by atoms with E-state index in [4.69, 9.17) is 14.2 Å². The average molecular weight is 807 g/mol. The first-order chi connectivity index (χ1) is 27.8. The van der Waals surface area contributed by atoms with E-state index in [2.05, 4.69) is 34.6 Å². The average Bonchev–Trinajstić information content (AvgIpc) is 3.19. The minimum absolute atomic E-state index is 0.0642. The molecular weight excluding hydrogens is 709 g/mol. The fourth-order valence-corrected chi connectivity index (χ4v) is 7.60. The van der Waals surface area contributed by atoms with Crippen LogP contribution in [0.4, 0.5) is 0 Å². The Balaban J connectivity index is 4.33. The zero-order valence-corrected chi connectivity index (χ0v) is 39.0. The van der Waals surface area contributed by atoms with Gasteiger partial charge in [0, 0.05) is 19.3 Å². The maximum absolute atomic E-state index is 12.8. The van der Waals surface area contributed by atoms with Crippen molar-refractivity contribution in [3.05, 3.63) is 0 Å². The Hall–Kier alpha value is -1.59. The lowest BCUT2D eigenvalue weighted by Gasteiger charge is -2.18. The minimum Gasteiger partial charge on any atom is -0.462 e. The summed E-state index contributed by atoms with van der Waals surface area (Å²) in [5.41, 5.74) is 0. The largest absolute Gasteiger partial charge is 0.462 e. The molecule has 1 unspecified atom stereocenters. The molecule has 0 amide bonds. The van der Waals surface area contributed by atoms with E-state index < -0.39 is 6.10 Å². The molecule has 6 nitrogen and oxygen atoms in total. The molecular formula is C51H98O6. The van der Waals surface area contributed by atoms with Gasteiger partial charge in [-0.3, -0.25) is 14.4 Å². The van der Waals surface area contributed by atoms with Crippen LogP contribution in [0.25, 0.3) is 0 Å². The van der Waals surface area contributed by atoms with Crippen molar-refractivity contribution in [3.63, 3.8) is 0 Å². The summed E-state index contributed by atoms with van der Waals surface area (Å²) in [6.07, 6.45) is 43.6. The Morgan fingerprint density at radius 3 is 1.00 bits per heavy atom. The summed E-state index contributed by atoms with van der Waals surface area (Å²) in [5, 5.41) is 0. The normalized spacial score (nSPS) is 12.5. The van der Waals surface area contributed by atoms with Gasteiger partial charge in [-0.2, -0.15) is 0 Å². The van der Waals surface area contributed by atoms with Crippen LogP contribution in [-0.2, 0) is 28.6 Å². The standard InChI is InChI=1S/C51H98O6/c1-6-8-9-10-11-12-13-14-17-20-26-31-36-41-49(52)55-44-48(57-51(54)43-38-33-28-23-22-25-30-35-40-47(5)7-2)45-56-50(53)42-37-32-27-21-18-15-16-19-24-29-34-39-46(3)4/h46-48H,6-45H2,1-5H3/t47?,48-/m0/s1. The van der Waals surface area contributed by atoms with Crippen molar-refractivity contribution in [2.45, 2.75) is 285 Å². The second-order valence-electron chi connectivity index (χ2n) is 18.2. The number of rotatable bonds is 45. The minimum atomic E-state index is -0.761. The summed E-state index contributed by atoms with van der Waals surface area (Å²) in [6.45, 7) is 11.4. The highest BCUT2D eigenvalue weighted by Gasteiger charge is 2.19. The van der Waals surface area contributed by atoms with Gasteiger partial charge in [0.25, 0.3) is 0 Å². The third kappa shape index (κ3) is 43.8. The summed E-state index contributed by atoms with van der Waals surface area (Å²) in [4.78, 5) is 37.9. The summed E-state index contributed by atoms with van der Waals surface area (Å²) >= 11 is 0. The molecule has 0 fully saturated rings. The first-order valence-corrected chi connectivity index (χ1v) is 25.3. The molecule has 0 aromatic heterocycles. The van der Waals surface area contributed by atoms with E-state index >= 15 is 0 Å². The van der Waals surface area contributed by atoms with E-state index in [0.717, 1.165) is 69.6 Å². The van der Waals surface area contributed by atoms with E-state index in [9.17, 15) is 14.4 Å². The third-order valence-electron chi connectivity index (χ3n) is 11.8. The van der Waals surface area contributed by atoms with Crippen molar-refractivity contribution >= 4 is 17.9 Å². The molecule has 0 aliphatic heterocycles. The van der Waals surface area contributed by atoms with Gasteiger partial charge in [-0.05, 0) is 31.1 Å². The van der Waals surface area contributed by atoms with E-state index in [-0.39, 0.29) is 31.1 Å². The molecule has 0 aliphatic rings. The molecule has 0 aliphatic carbocycles. The highest BCUT2D eigenvalue weighted by atomic mass is 16.6. The number of hydrogen-bond acceptors (Lipinski definition) is 6. The first-order valence-electron chi connectivity index (χ1n) is 25.3. The highest BCUT2D eigenvalue weighted by molar-refractivity contribution is 5.71. The van der Waals surface area contributed by atoms with Gasteiger partial charge in [0.1, 0.15) is 13.2 Å². The van der Waals surface area contributed by atoms with Gasteiger partial charge >= 0.3 is 17.9 Å². The van der Waals surface area contributed by atoms with Crippen LogP contribution in [0.5, 0.6) is 0 Å². The Morgan fingerprint density at radius 2 is 0.667 bits per heavy atom. The Kier molecular flexibility index (Phi) is 42.7. The van der Waals surface area contributed by atoms with Gasteiger partial charge < -0.3 is 14.2 Å². The lowest BCUT2D eigenvalue weighted by atomic mass is 9.99. The molecule has 338 valence electrons. The van der Waals surface area contributed by atoms with Crippen LogP contribution in [-0.4, -0.2) is 37.2 Å². The second-order valence-corrected chi connectivity index (χ2v) is 18.2. The smallest absolute Gasteiger partial charge is 0.306 e. The highest BCUT2D eigenvalue weighted by Crippen LogP contribution is 2.17. The lowest BCUT2D eigenvalue weighted by molar-refractivity contribution is -0.167. The Labute approximate surface area is 355 Å². The Bertz CT molecular complexity index is 872. The van der Waals surface area contributed by atoms with Crippen LogP contribution in [0.3, 0.4) is 0 Å². The quantitative estimate of drug-likeness (QED) is 0.0346. The van der Waals surface area contributed by atoms with Gasteiger partial charge in [-0.1, -0.05) is 240 Å². The fraction of sp³-hybridized carbons (Fsp3) is 0.941. The molecule has 0 saturated carbocycles. The predicted molar refractivity (Wildman–Crippen MR) is 243 cm³/mol. The van der Waals surface area contributed by atoms with E-state index in [0.29, 0.717) is 19.3 Å². The number of esters is 3. The number of unbranched alkanes of at least 4 members (excludes halogenated alkanes) is 29. The van der Waals surface area contributed by atoms with Gasteiger partial charge in [-0.25, -0.2) is 0 Å². The Morgan fingerprint density at radius 1 is 0.368 bits per heavy atom. The molecule has 0 rings (SSSR count). The molecule has 2 atom stereocenters. The zero-order chi connectivity index (χ0) is 41.9. The number of hydrogen-bond donors (Lipinski definition) is 0. The molecule has 0 saturated heterocycles. The van der Waals surface area contributed by atoms with Crippen LogP contribution < -0.4 is 0 Å². The zero-order valence-electron chi connectivity index (χ0n) is 39.0. The second kappa shape index (κ2) is 44.0. The molecule has 57 heavy (non-hydrogen) atoms. The van der Waals surface area contributed by atoms with Crippen LogP contribution in [0.1, 0.15) is 279 Å². The van der Waals surface area contributed by atoms with Crippen molar-refractivity contribution in [2.75, 3.05) is 13.2 Å². The summed E-state index contributed by atoms with van der Waals surface area (Å²) in [6, 6.07) is 0. The van der Waals surface area contributed by atoms with E-state index in [1.165, 1.54) is 167 Å². The van der Waals surface area contributed by atoms with Gasteiger partial charge in [0.15, 0.2) is 6.10 Å². The molecule has 6 heteroatoms. The SMILES string of the molecule is CCCCCCCCCCCCCCCC(=O)OC[C@@H](COC(=O)CCCCCCCCCCCCCC(C)C)OC(=O)CCCCCCCCCCC(C)CC. The topological polar surface area (TPSA) is 78.9 Å². The van der Waals surface area contributed by atoms with Crippen molar-refractivity contribution in [1.29, 1.82) is 0 Å². The first kappa shape index (κ1) is 55.4.